The van der Waals surface area contributed by atoms with E-state index in [1.807, 2.05) is 23.1 Å². The molecule has 1 aliphatic rings. The summed E-state index contributed by atoms with van der Waals surface area (Å²) in [5, 5.41) is 2.95. The van der Waals surface area contributed by atoms with Gasteiger partial charge in [-0.2, -0.15) is 0 Å². The second kappa shape index (κ2) is 7.62. The molecule has 2 aromatic rings. The van der Waals surface area contributed by atoms with Gasteiger partial charge in [0.2, 0.25) is 0 Å². The fourth-order valence-electron chi connectivity index (χ4n) is 3.13. The summed E-state index contributed by atoms with van der Waals surface area (Å²) >= 11 is 0. The second-order valence-corrected chi connectivity index (χ2v) is 7.47. The molecular weight excluding hydrogens is 320 g/mol. The lowest BCUT2D eigenvalue weighted by atomic mass is 10.0. The molecule has 1 fully saturated rings. The summed E-state index contributed by atoms with van der Waals surface area (Å²) < 4.78 is 11.4. The number of hydrogen-bond acceptors (Lipinski definition) is 2. The number of nitrogens with zero attached hydrogens (tertiary/aromatic N) is 1. The molecule has 0 radical (unpaired) electrons. The van der Waals surface area contributed by atoms with E-state index in [4.69, 9.17) is 0 Å². The van der Waals surface area contributed by atoms with Gasteiger partial charge in [-0.25, -0.2) is 4.79 Å². The summed E-state index contributed by atoms with van der Waals surface area (Å²) in [4.78, 5) is 15.3. The quantitative estimate of drug-likeness (QED) is 0.922. The number of hydrogen-bond donors (Lipinski definition) is 1. The summed E-state index contributed by atoms with van der Waals surface area (Å²) in [6.45, 7) is 0.792. The molecule has 2 amide bonds. The van der Waals surface area contributed by atoms with Crippen LogP contribution in [0.1, 0.15) is 18.4 Å². The van der Waals surface area contributed by atoms with Crippen LogP contribution in [0.3, 0.4) is 0 Å². The minimum atomic E-state index is -1.00. The number of benzene rings is 2. The lowest BCUT2D eigenvalue weighted by molar-refractivity contribution is 0.206. The van der Waals surface area contributed by atoms with Crippen LogP contribution in [0.15, 0.2) is 59.5 Å². The number of anilines is 1. The molecular formula is C19H22N2O2S. The summed E-state index contributed by atoms with van der Waals surface area (Å²) in [6, 6.07) is 17.7. The fourth-order valence-corrected chi connectivity index (χ4v) is 3.65. The van der Waals surface area contributed by atoms with Gasteiger partial charge in [-0.3, -0.25) is 4.21 Å². The van der Waals surface area contributed by atoms with E-state index in [1.165, 1.54) is 5.56 Å². The number of nitrogens with one attached hydrogen (secondary N) is 1. The van der Waals surface area contributed by atoms with Crippen molar-refractivity contribution in [2.24, 2.45) is 0 Å². The molecule has 24 heavy (non-hydrogen) atoms. The van der Waals surface area contributed by atoms with Crippen LogP contribution < -0.4 is 5.32 Å². The van der Waals surface area contributed by atoms with Gasteiger partial charge in [0, 0.05) is 40.2 Å². The molecule has 0 aromatic heterocycles. The van der Waals surface area contributed by atoms with E-state index in [-0.39, 0.29) is 12.1 Å². The normalized spacial score (nSPS) is 18.4. The minimum absolute atomic E-state index is 0.0567. The van der Waals surface area contributed by atoms with Crippen molar-refractivity contribution < 1.29 is 9.00 Å². The highest BCUT2D eigenvalue weighted by molar-refractivity contribution is 7.84. The molecule has 126 valence electrons. The molecule has 2 aromatic carbocycles. The number of urea groups is 1. The van der Waals surface area contributed by atoms with Crippen molar-refractivity contribution in [1.29, 1.82) is 0 Å². The third kappa shape index (κ3) is 4.03. The van der Waals surface area contributed by atoms with Crippen LogP contribution in [-0.4, -0.2) is 34.0 Å². The van der Waals surface area contributed by atoms with E-state index in [0.717, 1.165) is 36.4 Å². The van der Waals surface area contributed by atoms with Crippen molar-refractivity contribution in [3.63, 3.8) is 0 Å². The molecule has 0 aliphatic carbocycles. The molecule has 0 spiro atoms. The Labute approximate surface area is 145 Å². The molecule has 5 heteroatoms. The fraction of sp³-hybridized carbons (Fsp3) is 0.316. The van der Waals surface area contributed by atoms with Crippen molar-refractivity contribution in [1.82, 2.24) is 4.90 Å². The van der Waals surface area contributed by atoms with E-state index >= 15 is 0 Å². The maximum absolute atomic E-state index is 12.6. The first-order valence-corrected chi connectivity index (χ1v) is 9.74. The zero-order valence-electron chi connectivity index (χ0n) is 13.8. The molecule has 0 saturated carbocycles. The average molecular weight is 342 g/mol. The standard InChI is InChI=1S/C19H22N2O2S/c1-24(23)18-11-9-16(10-12-18)20-19(22)21-13-5-8-17(21)14-15-6-3-2-4-7-15/h2-4,6-7,9-12,17H,5,8,13-14H2,1H3,(H,20,22). The third-order valence-electron chi connectivity index (χ3n) is 4.39. The van der Waals surface area contributed by atoms with E-state index in [9.17, 15) is 9.00 Å². The van der Waals surface area contributed by atoms with Crippen LogP contribution in [0, 0.1) is 0 Å². The SMILES string of the molecule is CS(=O)c1ccc(NC(=O)N2CCCC2Cc2ccccc2)cc1. The number of rotatable bonds is 4. The van der Waals surface area contributed by atoms with E-state index in [0.29, 0.717) is 0 Å². The van der Waals surface area contributed by atoms with Crippen LogP contribution in [0.25, 0.3) is 0 Å². The summed E-state index contributed by atoms with van der Waals surface area (Å²) in [6.07, 6.45) is 4.61. The Morgan fingerprint density at radius 1 is 1.17 bits per heavy atom. The van der Waals surface area contributed by atoms with Crippen LogP contribution in [0.4, 0.5) is 10.5 Å². The summed E-state index contributed by atoms with van der Waals surface area (Å²) in [5.74, 6) is 0. The van der Waals surface area contributed by atoms with Crippen LogP contribution in [-0.2, 0) is 17.2 Å². The third-order valence-corrected chi connectivity index (χ3v) is 5.33. The molecule has 4 nitrogen and oxygen atoms in total. The first kappa shape index (κ1) is 16.7. The predicted molar refractivity (Wildman–Crippen MR) is 97.7 cm³/mol. The van der Waals surface area contributed by atoms with Crippen LogP contribution in [0.5, 0.6) is 0 Å². The van der Waals surface area contributed by atoms with Gasteiger partial charge in [0.25, 0.3) is 0 Å². The van der Waals surface area contributed by atoms with Gasteiger partial charge in [-0.05, 0) is 49.1 Å². The second-order valence-electron chi connectivity index (χ2n) is 6.09. The predicted octanol–water partition coefficient (Wildman–Crippen LogP) is 3.66. The number of carbonyl (C=O) groups is 1. The maximum atomic E-state index is 12.6. The molecule has 1 N–H and O–H groups in total. The lowest BCUT2D eigenvalue weighted by Gasteiger charge is -2.25. The smallest absolute Gasteiger partial charge is 0.321 e. The monoisotopic (exact) mass is 342 g/mol. The molecule has 3 rings (SSSR count). The first-order valence-electron chi connectivity index (χ1n) is 8.18. The van der Waals surface area contributed by atoms with E-state index < -0.39 is 10.8 Å². The number of likely N-dealkylation sites (tertiary alicyclic amines) is 1. The van der Waals surface area contributed by atoms with Gasteiger partial charge in [0.1, 0.15) is 0 Å². The van der Waals surface area contributed by atoms with Gasteiger partial charge in [0.05, 0.1) is 0 Å². The maximum Gasteiger partial charge on any atom is 0.322 e. The Morgan fingerprint density at radius 3 is 2.54 bits per heavy atom. The largest absolute Gasteiger partial charge is 0.322 e. The van der Waals surface area contributed by atoms with Crippen molar-refractivity contribution in [3.8, 4) is 0 Å². The van der Waals surface area contributed by atoms with Crippen molar-refractivity contribution in [2.75, 3.05) is 18.1 Å². The molecule has 1 saturated heterocycles. The van der Waals surface area contributed by atoms with Gasteiger partial charge in [-0.1, -0.05) is 30.3 Å². The van der Waals surface area contributed by atoms with Crippen molar-refractivity contribution in [2.45, 2.75) is 30.2 Å². The number of carbonyl (C=O) groups excluding carboxylic acids is 1. The van der Waals surface area contributed by atoms with Gasteiger partial charge >= 0.3 is 6.03 Å². The van der Waals surface area contributed by atoms with Gasteiger partial charge in [-0.15, -0.1) is 0 Å². The highest BCUT2D eigenvalue weighted by Gasteiger charge is 2.28. The highest BCUT2D eigenvalue weighted by atomic mass is 32.2. The number of amides is 2. The molecule has 2 atom stereocenters. The first-order chi connectivity index (χ1) is 11.6. The van der Waals surface area contributed by atoms with Crippen molar-refractivity contribution >= 4 is 22.5 Å². The summed E-state index contributed by atoms with van der Waals surface area (Å²) in [5.41, 5.74) is 2.00. The molecule has 2 unspecified atom stereocenters. The van der Waals surface area contributed by atoms with Crippen LogP contribution >= 0.6 is 0 Å². The summed E-state index contributed by atoms with van der Waals surface area (Å²) in [7, 11) is -1.00. The Bertz CT molecular complexity index is 716. The van der Waals surface area contributed by atoms with E-state index in [1.54, 1.807) is 30.5 Å². The van der Waals surface area contributed by atoms with E-state index in [2.05, 4.69) is 17.4 Å². The Balaban J connectivity index is 1.64. The molecule has 1 aliphatic heterocycles. The zero-order valence-corrected chi connectivity index (χ0v) is 14.6. The topological polar surface area (TPSA) is 49.4 Å². The Kier molecular flexibility index (Phi) is 5.30. The van der Waals surface area contributed by atoms with Gasteiger partial charge in [0.15, 0.2) is 0 Å². The minimum Gasteiger partial charge on any atom is -0.321 e. The highest BCUT2D eigenvalue weighted by Crippen LogP contribution is 2.22. The molecule has 1 heterocycles. The molecule has 0 bridgehead atoms. The Hall–Kier alpha value is -2.14. The average Bonchev–Trinajstić information content (AvgIpc) is 3.04. The van der Waals surface area contributed by atoms with Gasteiger partial charge < -0.3 is 10.2 Å². The zero-order chi connectivity index (χ0) is 16.9. The Morgan fingerprint density at radius 2 is 1.88 bits per heavy atom. The van der Waals surface area contributed by atoms with Crippen LogP contribution in [0.2, 0.25) is 0 Å². The lowest BCUT2D eigenvalue weighted by Crippen LogP contribution is -2.39. The van der Waals surface area contributed by atoms with Crippen molar-refractivity contribution in [3.05, 3.63) is 60.2 Å².